The average molecular weight is 421 g/mol. The molecule has 4 rings (SSSR count). The third-order valence-electron chi connectivity index (χ3n) is 10.9. The first-order valence-electron chi connectivity index (χ1n) is 13.2. The van der Waals surface area contributed by atoms with Gasteiger partial charge in [0.15, 0.2) is 0 Å². The van der Waals surface area contributed by atoms with Gasteiger partial charge in [-0.2, -0.15) is 0 Å². The Hall–Kier alpha value is -0.120. The van der Waals surface area contributed by atoms with Crippen molar-refractivity contribution in [2.45, 2.75) is 129 Å². The lowest BCUT2D eigenvalue weighted by Gasteiger charge is -2.62. The van der Waals surface area contributed by atoms with E-state index in [1.54, 1.807) is 0 Å². The minimum absolute atomic E-state index is 0.184. The molecule has 4 aliphatic rings. The lowest BCUT2D eigenvalue weighted by atomic mass is 9.43. The molecule has 4 aliphatic carbocycles. The molecule has 10 atom stereocenters. The molecule has 0 aromatic rings. The van der Waals surface area contributed by atoms with E-state index < -0.39 is 5.60 Å². The van der Waals surface area contributed by atoms with Gasteiger partial charge < -0.3 is 15.3 Å². The van der Waals surface area contributed by atoms with Crippen LogP contribution in [0.1, 0.15) is 111 Å². The molecule has 174 valence electrons. The van der Waals surface area contributed by atoms with Crippen molar-refractivity contribution in [1.82, 2.24) is 0 Å². The minimum Gasteiger partial charge on any atom is -0.393 e. The highest BCUT2D eigenvalue weighted by molar-refractivity contribution is 5.13. The maximum atomic E-state index is 11.6. The molecule has 0 aromatic carbocycles. The predicted molar refractivity (Wildman–Crippen MR) is 122 cm³/mol. The van der Waals surface area contributed by atoms with Crippen LogP contribution in [-0.4, -0.2) is 33.1 Å². The molecule has 3 N–H and O–H groups in total. The number of hydrogen-bond acceptors (Lipinski definition) is 3. The summed E-state index contributed by atoms with van der Waals surface area (Å²) in [5, 5.41) is 33.0. The van der Waals surface area contributed by atoms with Crippen LogP contribution in [0.3, 0.4) is 0 Å². The fourth-order valence-corrected chi connectivity index (χ4v) is 9.38. The third-order valence-corrected chi connectivity index (χ3v) is 10.9. The van der Waals surface area contributed by atoms with Gasteiger partial charge in [-0.05, 0) is 105 Å². The molecular weight excluding hydrogens is 372 g/mol. The number of fused-ring (bicyclic) bond motifs is 5. The maximum Gasteiger partial charge on any atom is 0.0653 e. The Balaban J connectivity index is 1.52. The lowest BCUT2D eigenvalue weighted by molar-refractivity contribution is -0.179. The van der Waals surface area contributed by atoms with E-state index in [4.69, 9.17) is 0 Å². The van der Waals surface area contributed by atoms with Gasteiger partial charge in [0.25, 0.3) is 0 Å². The van der Waals surface area contributed by atoms with E-state index in [1.165, 1.54) is 38.5 Å². The van der Waals surface area contributed by atoms with E-state index >= 15 is 0 Å². The molecular formula is C27H48O3. The van der Waals surface area contributed by atoms with Crippen molar-refractivity contribution in [2.24, 2.45) is 40.4 Å². The maximum absolute atomic E-state index is 11.6. The zero-order valence-electron chi connectivity index (χ0n) is 20.1. The second-order valence-electron chi connectivity index (χ2n) is 12.6. The number of rotatable bonds is 6. The summed E-state index contributed by atoms with van der Waals surface area (Å²) in [6.07, 6.45) is 13.9. The molecule has 3 heteroatoms. The van der Waals surface area contributed by atoms with Crippen LogP contribution >= 0.6 is 0 Å². The highest BCUT2D eigenvalue weighted by Gasteiger charge is 2.63. The van der Waals surface area contributed by atoms with Crippen LogP contribution < -0.4 is 0 Å². The van der Waals surface area contributed by atoms with E-state index in [9.17, 15) is 15.3 Å². The second-order valence-corrected chi connectivity index (χ2v) is 12.6. The standard InChI is InChI=1S/C27H48O3/c1-5-6-7-8-13-27(4,30)24-10-9-20-19-17-23(29)22-16-18(28)11-14-25(22,2)21(19)12-15-26(20,24)3/h18-24,28-30H,5-17H2,1-4H3/t18-,19-,20?,21-,22?,23-,24-,25?,26?,27-/m0/s1. The number of aliphatic hydroxyl groups excluding tert-OH is 2. The van der Waals surface area contributed by atoms with Gasteiger partial charge in [-0.1, -0.05) is 46.5 Å². The highest BCUT2D eigenvalue weighted by atomic mass is 16.3. The first-order valence-corrected chi connectivity index (χ1v) is 13.2. The van der Waals surface area contributed by atoms with Crippen LogP contribution in [-0.2, 0) is 0 Å². The Labute approximate surface area is 185 Å². The topological polar surface area (TPSA) is 60.7 Å². The molecule has 0 saturated heterocycles. The monoisotopic (exact) mass is 420 g/mol. The normalized spacial score (nSPS) is 50.3. The fourth-order valence-electron chi connectivity index (χ4n) is 9.38. The van der Waals surface area contributed by atoms with Crippen molar-refractivity contribution in [2.75, 3.05) is 0 Å². The van der Waals surface area contributed by atoms with Gasteiger partial charge >= 0.3 is 0 Å². The molecule has 4 unspecified atom stereocenters. The van der Waals surface area contributed by atoms with Crippen molar-refractivity contribution < 1.29 is 15.3 Å². The predicted octanol–water partition coefficient (Wildman–Crippen LogP) is 5.70. The first kappa shape index (κ1) is 23.1. The number of aliphatic hydroxyl groups is 3. The summed E-state index contributed by atoms with van der Waals surface area (Å²) >= 11 is 0. The first-order chi connectivity index (χ1) is 14.1. The van der Waals surface area contributed by atoms with Crippen molar-refractivity contribution >= 4 is 0 Å². The van der Waals surface area contributed by atoms with Gasteiger partial charge in [-0.15, -0.1) is 0 Å². The van der Waals surface area contributed by atoms with Gasteiger partial charge in [-0.3, -0.25) is 0 Å². The summed E-state index contributed by atoms with van der Waals surface area (Å²) in [4.78, 5) is 0. The van der Waals surface area contributed by atoms with Crippen molar-refractivity contribution in [1.29, 1.82) is 0 Å². The zero-order chi connectivity index (χ0) is 21.7. The Kier molecular flexibility index (Phi) is 6.41. The molecule has 0 spiro atoms. The average Bonchev–Trinajstić information content (AvgIpc) is 3.05. The van der Waals surface area contributed by atoms with Crippen LogP contribution in [0.5, 0.6) is 0 Å². The lowest BCUT2D eigenvalue weighted by Crippen LogP contribution is -2.59. The summed E-state index contributed by atoms with van der Waals surface area (Å²) in [6.45, 7) is 9.29. The van der Waals surface area contributed by atoms with E-state index in [2.05, 4.69) is 27.7 Å². The van der Waals surface area contributed by atoms with Crippen molar-refractivity contribution in [3.05, 3.63) is 0 Å². The summed E-state index contributed by atoms with van der Waals surface area (Å²) in [5.41, 5.74) is -0.158. The summed E-state index contributed by atoms with van der Waals surface area (Å²) in [7, 11) is 0. The van der Waals surface area contributed by atoms with Crippen molar-refractivity contribution in [3.8, 4) is 0 Å². The molecule has 30 heavy (non-hydrogen) atoms. The number of hydrogen-bond donors (Lipinski definition) is 3. The Morgan fingerprint density at radius 2 is 1.53 bits per heavy atom. The van der Waals surface area contributed by atoms with Crippen molar-refractivity contribution in [3.63, 3.8) is 0 Å². The van der Waals surface area contributed by atoms with E-state index in [-0.39, 0.29) is 29.0 Å². The molecule has 0 radical (unpaired) electrons. The van der Waals surface area contributed by atoms with Crippen LogP contribution in [0.25, 0.3) is 0 Å². The largest absolute Gasteiger partial charge is 0.393 e. The van der Waals surface area contributed by atoms with Gasteiger partial charge in [-0.25, -0.2) is 0 Å². The zero-order valence-corrected chi connectivity index (χ0v) is 20.1. The SMILES string of the molecule is CCCCCC[C@](C)(O)[C@H]1CCC2[C@@H]3C[C@H](O)C4C[C@@H](O)CCC4(C)[C@H]3CCC21C. The highest BCUT2D eigenvalue weighted by Crippen LogP contribution is 2.68. The Bertz CT molecular complexity index is 603. The number of unbranched alkanes of at least 4 members (excludes halogenated alkanes) is 3. The molecule has 0 amide bonds. The van der Waals surface area contributed by atoms with Crippen LogP contribution in [0.4, 0.5) is 0 Å². The molecule has 3 nitrogen and oxygen atoms in total. The van der Waals surface area contributed by atoms with Crippen LogP contribution in [0.2, 0.25) is 0 Å². The molecule has 0 bridgehead atoms. The fraction of sp³-hybridized carbons (Fsp3) is 1.00. The van der Waals surface area contributed by atoms with E-state index in [1.807, 2.05) is 0 Å². The molecule has 0 aliphatic heterocycles. The van der Waals surface area contributed by atoms with Gasteiger partial charge in [0.2, 0.25) is 0 Å². The summed E-state index contributed by atoms with van der Waals surface area (Å²) in [5.74, 6) is 2.59. The van der Waals surface area contributed by atoms with E-state index in [0.717, 1.165) is 44.9 Å². The molecule has 4 saturated carbocycles. The molecule has 0 aromatic heterocycles. The minimum atomic E-state index is -0.557. The Morgan fingerprint density at radius 3 is 2.27 bits per heavy atom. The van der Waals surface area contributed by atoms with Gasteiger partial charge in [0.05, 0.1) is 17.8 Å². The van der Waals surface area contributed by atoms with Gasteiger partial charge in [0.1, 0.15) is 0 Å². The second kappa shape index (κ2) is 8.34. The molecule has 0 heterocycles. The van der Waals surface area contributed by atoms with Crippen LogP contribution in [0, 0.1) is 40.4 Å². The Morgan fingerprint density at radius 1 is 0.833 bits per heavy atom. The van der Waals surface area contributed by atoms with Gasteiger partial charge in [0, 0.05) is 0 Å². The summed E-state index contributed by atoms with van der Waals surface area (Å²) < 4.78 is 0. The smallest absolute Gasteiger partial charge is 0.0653 e. The quantitative estimate of drug-likeness (QED) is 0.483. The summed E-state index contributed by atoms with van der Waals surface area (Å²) in [6, 6.07) is 0. The molecule has 4 fully saturated rings. The third kappa shape index (κ3) is 3.69. The van der Waals surface area contributed by atoms with E-state index in [0.29, 0.717) is 23.7 Å². The van der Waals surface area contributed by atoms with Crippen LogP contribution in [0.15, 0.2) is 0 Å².